The van der Waals surface area contributed by atoms with Gasteiger partial charge in [-0.1, -0.05) is 12.1 Å². The van der Waals surface area contributed by atoms with Crippen molar-refractivity contribution in [1.82, 2.24) is 4.90 Å². The van der Waals surface area contributed by atoms with Gasteiger partial charge in [-0.25, -0.2) is 9.18 Å². The summed E-state index contributed by atoms with van der Waals surface area (Å²) in [6.07, 6.45) is 3.03. The Labute approximate surface area is 179 Å². The molecular formula is C22H24FN3O5. The van der Waals surface area contributed by atoms with Crippen LogP contribution in [0.25, 0.3) is 0 Å². The normalized spacial score (nSPS) is 13.5. The molecule has 0 spiro atoms. The first kappa shape index (κ1) is 22.2. The van der Waals surface area contributed by atoms with E-state index in [1.807, 2.05) is 4.90 Å². The summed E-state index contributed by atoms with van der Waals surface area (Å²) in [5.41, 5.74) is 1.07. The topological polar surface area (TPSA) is 93.0 Å². The van der Waals surface area contributed by atoms with Crippen LogP contribution in [0.4, 0.5) is 15.8 Å². The van der Waals surface area contributed by atoms with E-state index in [0.29, 0.717) is 5.69 Å². The summed E-state index contributed by atoms with van der Waals surface area (Å²) >= 11 is 0. The summed E-state index contributed by atoms with van der Waals surface area (Å²) in [5, 5.41) is 11.5. The van der Waals surface area contributed by atoms with Gasteiger partial charge in [0.15, 0.2) is 6.61 Å². The maximum absolute atomic E-state index is 13.0. The highest BCUT2D eigenvalue weighted by Gasteiger charge is 2.24. The van der Waals surface area contributed by atoms with Crippen LogP contribution in [-0.4, -0.2) is 48.4 Å². The van der Waals surface area contributed by atoms with Crippen molar-refractivity contribution in [3.63, 3.8) is 0 Å². The summed E-state index contributed by atoms with van der Waals surface area (Å²) in [6, 6.07) is 9.96. The van der Waals surface area contributed by atoms with E-state index in [2.05, 4.69) is 0 Å². The number of nitro groups is 1. The van der Waals surface area contributed by atoms with Gasteiger partial charge in [-0.15, -0.1) is 0 Å². The number of hydrogen-bond donors (Lipinski definition) is 0. The van der Waals surface area contributed by atoms with Gasteiger partial charge in [-0.3, -0.25) is 14.9 Å². The second-order valence-corrected chi connectivity index (χ2v) is 7.46. The predicted molar refractivity (Wildman–Crippen MR) is 112 cm³/mol. The van der Waals surface area contributed by atoms with E-state index in [1.54, 1.807) is 18.2 Å². The van der Waals surface area contributed by atoms with Crippen LogP contribution in [0.2, 0.25) is 0 Å². The molecule has 0 unspecified atom stereocenters. The fourth-order valence-corrected chi connectivity index (χ4v) is 3.47. The highest BCUT2D eigenvalue weighted by atomic mass is 19.1. The van der Waals surface area contributed by atoms with E-state index in [0.717, 1.165) is 37.9 Å². The Balaban J connectivity index is 1.61. The maximum Gasteiger partial charge on any atom is 0.338 e. The quantitative estimate of drug-likeness (QED) is 0.380. The van der Waals surface area contributed by atoms with Crippen molar-refractivity contribution in [3.8, 4) is 0 Å². The molecule has 2 aromatic rings. The van der Waals surface area contributed by atoms with Crippen molar-refractivity contribution in [1.29, 1.82) is 0 Å². The van der Waals surface area contributed by atoms with Crippen LogP contribution in [0.15, 0.2) is 42.5 Å². The second-order valence-electron chi connectivity index (χ2n) is 7.46. The Hall–Kier alpha value is -3.49. The molecule has 1 heterocycles. The summed E-state index contributed by atoms with van der Waals surface area (Å²) in [5.74, 6) is -1.62. The predicted octanol–water partition coefficient (Wildman–Crippen LogP) is 3.54. The summed E-state index contributed by atoms with van der Waals surface area (Å²) in [7, 11) is 1.54. The van der Waals surface area contributed by atoms with Crippen LogP contribution < -0.4 is 4.90 Å². The molecule has 1 amide bonds. The van der Waals surface area contributed by atoms with Crippen LogP contribution in [0, 0.1) is 15.9 Å². The lowest BCUT2D eigenvalue weighted by atomic mass is 10.1. The van der Waals surface area contributed by atoms with Gasteiger partial charge in [-0.2, -0.15) is 0 Å². The first-order valence-electron chi connectivity index (χ1n) is 10.0. The van der Waals surface area contributed by atoms with E-state index in [9.17, 15) is 24.1 Å². The van der Waals surface area contributed by atoms with E-state index in [1.165, 1.54) is 36.2 Å². The maximum atomic E-state index is 13.0. The number of anilines is 1. The Morgan fingerprint density at radius 1 is 1.13 bits per heavy atom. The number of rotatable bonds is 7. The monoisotopic (exact) mass is 429 g/mol. The van der Waals surface area contributed by atoms with E-state index in [-0.39, 0.29) is 23.6 Å². The molecule has 164 valence electrons. The molecule has 0 radical (unpaired) electrons. The van der Waals surface area contributed by atoms with Crippen molar-refractivity contribution >= 4 is 23.3 Å². The van der Waals surface area contributed by atoms with Crippen molar-refractivity contribution in [2.75, 3.05) is 31.6 Å². The zero-order valence-corrected chi connectivity index (χ0v) is 17.3. The molecule has 1 saturated heterocycles. The van der Waals surface area contributed by atoms with Gasteiger partial charge < -0.3 is 14.5 Å². The largest absolute Gasteiger partial charge is 0.452 e. The Kier molecular flexibility index (Phi) is 7.17. The van der Waals surface area contributed by atoms with Gasteiger partial charge in [0.1, 0.15) is 11.5 Å². The lowest BCUT2D eigenvalue weighted by Gasteiger charge is -2.28. The Bertz CT molecular complexity index is 958. The highest BCUT2D eigenvalue weighted by Crippen LogP contribution is 2.31. The molecule has 9 heteroatoms. The fraction of sp³-hybridized carbons (Fsp3) is 0.364. The number of carbonyl (C=O) groups excluding carboxylic acids is 2. The van der Waals surface area contributed by atoms with Gasteiger partial charge in [-0.05, 0) is 49.1 Å². The van der Waals surface area contributed by atoms with Crippen molar-refractivity contribution in [2.45, 2.75) is 25.8 Å². The molecule has 0 saturated carbocycles. The standard InChI is InChI=1S/C22H24FN3O5/c1-24(14-16-5-8-18(23)9-6-16)21(27)15-31-22(28)17-7-10-19(20(13-17)26(29)30)25-11-3-2-4-12-25/h5-10,13H,2-4,11-12,14-15H2,1H3. The third kappa shape index (κ3) is 5.78. The van der Waals surface area contributed by atoms with Gasteiger partial charge >= 0.3 is 5.97 Å². The molecule has 0 bridgehead atoms. The fourth-order valence-electron chi connectivity index (χ4n) is 3.47. The first-order chi connectivity index (χ1) is 14.8. The molecule has 0 aliphatic carbocycles. The number of ether oxygens (including phenoxy) is 1. The lowest BCUT2D eigenvalue weighted by Crippen LogP contribution is -2.31. The Morgan fingerprint density at radius 3 is 2.45 bits per heavy atom. The average Bonchev–Trinajstić information content (AvgIpc) is 2.78. The van der Waals surface area contributed by atoms with Gasteiger partial charge in [0.05, 0.1) is 10.5 Å². The molecule has 1 aliphatic heterocycles. The van der Waals surface area contributed by atoms with Crippen molar-refractivity contribution < 1.29 is 23.6 Å². The molecule has 2 aromatic carbocycles. The minimum absolute atomic E-state index is 0.0152. The van der Waals surface area contributed by atoms with Crippen LogP contribution in [0.1, 0.15) is 35.2 Å². The number of hydrogen-bond acceptors (Lipinski definition) is 6. The number of piperidine rings is 1. The number of likely N-dealkylation sites (N-methyl/N-ethyl adjacent to an activating group) is 1. The molecule has 0 atom stereocenters. The lowest BCUT2D eigenvalue weighted by molar-refractivity contribution is -0.384. The molecule has 1 aliphatic rings. The number of amides is 1. The highest BCUT2D eigenvalue weighted by molar-refractivity contribution is 5.93. The minimum Gasteiger partial charge on any atom is -0.452 e. The molecule has 0 N–H and O–H groups in total. The number of benzene rings is 2. The van der Waals surface area contributed by atoms with Crippen LogP contribution >= 0.6 is 0 Å². The summed E-state index contributed by atoms with van der Waals surface area (Å²) in [4.78, 5) is 38.9. The van der Waals surface area contributed by atoms with Gasteiger partial charge in [0.2, 0.25) is 0 Å². The number of carbonyl (C=O) groups is 2. The van der Waals surface area contributed by atoms with Crippen LogP contribution in [0.3, 0.4) is 0 Å². The first-order valence-corrected chi connectivity index (χ1v) is 10.0. The number of esters is 1. The number of halogens is 1. The molecule has 3 rings (SSSR count). The number of nitrogens with zero attached hydrogens (tertiary/aromatic N) is 3. The zero-order chi connectivity index (χ0) is 22.4. The second kappa shape index (κ2) is 10.0. The van der Waals surface area contributed by atoms with Crippen LogP contribution in [-0.2, 0) is 16.1 Å². The SMILES string of the molecule is CN(Cc1ccc(F)cc1)C(=O)COC(=O)c1ccc(N2CCCCC2)c([N+](=O)[O-])c1. The number of nitro benzene ring substituents is 1. The van der Waals surface area contributed by atoms with E-state index < -0.39 is 23.4 Å². The average molecular weight is 429 g/mol. The smallest absolute Gasteiger partial charge is 0.338 e. The molecule has 0 aromatic heterocycles. The minimum atomic E-state index is -0.808. The van der Waals surface area contributed by atoms with Crippen molar-refractivity contribution in [3.05, 3.63) is 69.5 Å². The van der Waals surface area contributed by atoms with Gasteiger partial charge in [0.25, 0.3) is 11.6 Å². The molecular weight excluding hydrogens is 405 g/mol. The summed E-state index contributed by atoms with van der Waals surface area (Å²) in [6.45, 7) is 1.20. The van der Waals surface area contributed by atoms with Crippen LogP contribution in [0.5, 0.6) is 0 Å². The molecule has 8 nitrogen and oxygen atoms in total. The molecule has 31 heavy (non-hydrogen) atoms. The van der Waals surface area contributed by atoms with Crippen molar-refractivity contribution in [2.24, 2.45) is 0 Å². The van der Waals surface area contributed by atoms with E-state index in [4.69, 9.17) is 4.74 Å². The molecule has 1 fully saturated rings. The third-order valence-corrected chi connectivity index (χ3v) is 5.19. The van der Waals surface area contributed by atoms with E-state index >= 15 is 0 Å². The van der Waals surface area contributed by atoms with Gasteiger partial charge in [0, 0.05) is 32.7 Å². The Morgan fingerprint density at radius 2 is 1.81 bits per heavy atom. The zero-order valence-electron chi connectivity index (χ0n) is 17.3. The third-order valence-electron chi connectivity index (χ3n) is 5.19. The summed E-state index contributed by atoms with van der Waals surface area (Å²) < 4.78 is 18.0.